The van der Waals surface area contributed by atoms with Gasteiger partial charge in [-0.3, -0.25) is 4.79 Å². The van der Waals surface area contributed by atoms with Crippen LogP contribution in [-0.4, -0.2) is 44.4 Å². The number of carbonyl (C=O) groups is 1. The van der Waals surface area contributed by atoms with Crippen LogP contribution in [0.25, 0.3) is 11.4 Å². The maximum absolute atomic E-state index is 12.3. The molecule has 3 rings (SSSR count). The number of hydrogen-bond donors (Lipinski definition) is 2. The van der Waals surface area contributed by atoms with E-state index >= 15 is 0 Å². The molecular weight excluding hydrogens is 438 g/mol. The molecule has 0 aliphatic rings. The van der Waals surface area contributed by atoms with Gasteiger partial charge in [-0.05, 0) is 56.3 Å². The van der Waals surface area contributed by atoms with Gasteiger partial charge in [0.25, 0.3) is 5.91 Å². The number of methoxy groups -OCH3 is 1. The van der Waals surface area contributed by atoms with Crippen molar-refractivity contribution in [2.24, 2.45) is 5.10 Å². The Balaban J connectivity index is 1.63. The van der Waals surface area contributed by atoms with Crippen molar-refractivity contribution in [3.63, 3.8) is 0 Å². The topological polar surface area (TPSA) is 102 Å². The highest BCUT2D eigenvalue weighted by molar-refractivity contribution is 7.99. The lowest BCUT2D eigenvalue weighted by Gasteiger charge is -2.08. The van der Waals surface area contributed by atoms with Gasteiger partial charge >= 0.3 is 0 Å². The molecule has 0 atom stereocenters. The van der Waals surface area contributed by atoms with Crippen molar-refractivity contribution < 1.29 is 14.6 Å². The van der Waals surface area contributed by atoms with Crippen molar-refractivity contribution in [3.8, 4) is 22.9 Å². The lowest BCUT2D eigenvalue weighted by molar-refractivity contribution is -0.118. The lowest BCUT2D eigenvalue weighted by atomic mass is 10.1. The van der Waals surface area contributed by atoms with Crippen LogP contribution in [0.3, 0.4) is 0 Å². The number of nitrogens with one attached hydrogen (secondary N) is 1. The van der Waals surface area contributed by atoms with Crippen molar-refractivity contribution in [2.45, 2.75) is 25.5 Å². The van der Waals surface area contributed by atoms with Gasteiger partial charge < -0.3 is 14.4 Å². The summed E-state index contributed by atoms with van der Waals surface area (Å²) >= 11 is 7.24. The SMILES string of the molecule is CCn1c(SCC(=O)NN=C(C)c2ccc(O)c(OC)c2)nnc1-c1ccc(Cl)cc1. The van der Waals surface area contributed by atoms with Crippen LogP contribution in [0.1, 0.15) is 19.4 Å². The maximum atomic E-state index is 12.3. The van der Waals surface area contributed by atoms with E-state index in [1.807, 2.05) is 23.6 Å². The molecule has 0 aliphatic heterocycles. The highest BCUT2D eigenvalue weighted by Crippen LogP contribution is 2.27. The molecule has 0 spiro atoms. The molecular formula is C21H22ClN5O3S. The molecule has 0 radical (unpaired) electrons. The van der Waals surface area contributed by atoms with E-state index in [9.17, 15) is 9.90 Å². The number of carbonyl (C=O) groups excluding carboxylic acids is 1. The third-order valence-corrected chi connectivity index (χ3v) is 5.63. The van der Waals surface area contributed by atoms with Crippen LogP contribution in [0.2, 0.25) is 5.02 Å². The Kier molecular flexibility index (Phi) is 7.54. The molecule has 0 saturated carbocycles. The first-order chi connectivity index (χ1) is 14.9. The van der Waals surface area contributed by atoms with Crippen molar-refractivity contribution in [3.05, 3.63) is 53.1 Å². The molecule has 162 valence electrons. The number of aromatic hydroxyl groups is 1. The van der Waals surface area contributed by atoms with Crippen LogP contribution in [0, 0.1) is 0 Å². The highest BCUT2D eigenvalue weighted by atomic mass is 35.5. The van der Waals surface area contributed by atoms with Crippen LogP contribution in [0.4, 0.5) is 0 Å². The Morgan fingerprint density at radius 1 is 1.26 bits per heavy atom. The van der Waals surface area contributed by atoms with Crippen molar-refractivity contribution in [1.29, 1.82) is 0 Å². The molecule has 2 aromatic carbocycles. The summed E-state index contributed by atoms with van der Waals surface area (Å²) in [6, 6.07) is 12.2. The summed E-state index contributed by atoms with van der Waals surface area (Å²) in [7, 11) is 1.47. The molecule has 0 fully saturated rings. The molecule has 0 unspecified atom stereocenters. The van der Waals surface area contributed by atoms with Crippen LogP contribution in [-0.2, 0) is 11.3 Å². The number of phenolic OH excluding ortho intramolecular Hbond substituents is 1. The Hall–Kier alpha value is -3.04. The Morgan fingerprint density at radius 2 is 2.00 bits per heavy atom. The standard InChI is InChI=1S/C21H22ClN5O3S/c1-4-27-20(14-5-8-16(22)9-6-14)25-26-21(27)31-12-19(29)24-23-13(2)15-7-10-17(28)18(11-15)30-3/h5-11,28H,4,12H2,1-3H3,(H,24,29). The van der Waals surface area contributed by atoms with Crippen molar-refractivity contribution in [2.75, 3.05) is 12.9 Å². The van der Waals surface area contributed by atoms with Gasteiger partial charge in [0, 0.05) is 22.7 Å². The lowest BCUT2D eigenvalue weighted by Crippen LogP contribution is -2.21. The summed E-state index contributed by atoms with van der Waals surface area (Å²) in [5, 5.41) is 23.6. The first kappa shape index (κ1) is 22.6. The van der Waals surface area contributed by atoms with Gasteiger partial charge in [0.2, 0.25) is 0 Å². The second-order valence-corrected chi connectivity index (χ2v) is 7.84. The first-order valence-electron chi connectivity index (χ1n) is 9.45. The number of hydrazone groups is 1. The summed E-state index contributed by atoms with van der Waals surface area (Å²) < 4.78 is 7.04. The second-order valence-electron chi connectivity index (χ2n) is 6.46. The summed E-state index contributed by atoms with van der Waals surface area (Å²) in [4.78, 5) is 12.3. The zero-order valence-electron chi connectivity index (χ0n) is 17.3. The van der Waals surface area contributed by atoms with E-state index in [2.05, 4.69) is 20.7 Å². The van der Waals surface area contributed by atoms with Gasteiger partial charge in [0.15, 0.2) is 22.5 Å². The van der Waals surface area contributed by atoms with E-state index in [1.54, 1.807) is 31.2 Å². The van der Waals surface area contributed by atoms with E-state index in [-0.39, 0.29) is 17.4 Å². The number of rotatable bonds is 8. The van der Waals surface area contributed by atoms with Gasteiger partial charge in [0.05, 0.1) is 18.6 Å². The molecule has 1 heterocycles. The minimum atomic E-state index is -0.270. The van der Waals surface area contributed by atoms with Gasteiger partial charge in [-0.2, -0.15) is 5.10 Å². The fraction of sp³-hybridized carbons (Fsp3) is 0.238. The van der Waals surface area contributed by atoms with Gasteiger partial charge in [-0.1, -0.05) is 23.4 Å². The summed E-state index contributed by atoms with van der Waals surface area (Å²) in [5.41, 5.74) is 4.75. The van der Waals surface area contributed by atoms with E-state index in [0.717, 1.165) is 17.0 Å². The molecule has 0 bridgehead atoms. The van der Waals surface area contributed by atoms with Crippen molar-refractivity contribution >= 4 is 35.0 Å². The van der Waals surface area contributed by atoms with Crippen LogP contribution in [0.15, 0.2) is 52.7 Å². The molecule has 1 aromatic heterocycles. The number of amides is 1. The number of aromatic nitrogens is 3. The predicted molar refractivity (Wildman–Crippen MR) is 122 cm³/mol. The predicted octanol–water partition coefficient (Wildman–Crippen LogP) is 3.97. The van der Waals surface area contributed by atoms with Crippen LogP contribution in [0.5, 0.6) is 11.5 Å². The van der Waals surface area contributed by atoms with Gasteiger partial charge in [0.1, 0.15) is 0 Å². The minimum Gasteiger partial charge on any atom is -0.504 e. The zero-order chi connectivity index (χ0) is 22.4. The summed E-state index contributed by atoms with van der Waals surface area (Å²) in [6.07, 6.45) is 0. The molecule has 0 aliphatic carbocycles. The molecule has 2 N–H and O–H groups in total. The largest absolute Gasteiger partial charge is 0.504 e. The first-order valence-corrected chi connectivity index (χ1v) is 10.8. The number of hydrogen-bond acceptors (Lipinski definition) is 7. The van der Waals surface area contributed by atoms with Gasteiger partial charge in [-0.15, -0.1) is 10.2 Å². The highest BCUT2D eigenvalue weighted by Gasteiger charge is 2.14. The third kappa shape index (κ3) is 5.56. The Labute approximate surface area is 189 Å². The smallest absolute Gasteiger partial charge is 0.250 e. The fourth-order valence-corrected chi connectivity index (χ4v) is 3.69. The average Bonchev–Trinajstić information content (AvgIpc) is 3.19. The van der Waals surface area contributed by atoms with Crippen LogP contribution >= 0.6 is 23.4 Å². The third-order valence-electron chi connectivity index (χ3n) is 4.41. The quantitative estimate of drug-likeness (QED) is 0.300. The Morgan fingerprint density at radius 3 is 2.68 bits per heavy atom. The number of benzene rings is 2. The van der Waals surface area contributed by atoms with Crippen molar-refractivity contribution in [1.82, 2.24) is 20.2 Å². The molecule has 8 nitrogen and oxygen atoms in total. The fourth-order valence-electron chi connectivity index (χ4n) is 2.77. The Bertz CT molecular complexity index is 1100. The minimum absolute atomic E-state index is 0.0393. The number of halogens is 1. The maximum Gasteiger partial charge on any atom is 0.250 e. The number of phenols is 1. The van der Waals surface area contributed by atoms with E-state index < -0.39 is 0 Å². The zero-order valence-corrected chi connectivity index (χ0v) is 18.9. The summed E-state index contributed by atoms with van der Waals surface area (Å²) in [6.45, 7) is 4.41. The average molecular weight is 460 g/mol. The second kappa shape index (κ2) is 10.3. The summed E-state index contributed by atoms with van der Waals surface area (Å²) in [5.74, 6) is 0.960. The monoisotopic (exact) mass is 459 g/mol. The molecule has 0 saturated heterocycles. The number of thioether (sulfide) groups is 1. The molecule has 1 amide bonds. The number of nitrogens with zero attached hydrogens (tertiary/aromatic N) is 4. The van der Waals surface area contributed by atoms with Crippen LogP contribution < -0.4 is 10.2 Å². The molecule has 10 heteroatoms. The normalized spacial score (nSPS) is 11.4. The van der Waals surface area contributed by atoms with Gasteiger partial charge in [-0.25, -0.2) is 5.43 Å². The van der Waals surface area contributed by atoms with E-state index in [0.29, 0.717) is 28.2 Å². The number of ether oxygens (including phenoxy) is 1. The molecule has 3 aromatic rings. The molecule has 31 heavy (non-hydrogen) atoms. The van der Waals surface area contributed by atoms with E-state index in [1.165, 1.54) is 24.9 Å². The van der Waals surface area contributed by atoms with E-state index in [4.69, 9.17) is 16.3 Å².